The quantitative estimate of drug-likeness (QED) is 0.836. The minimum absolute atomic E-state index is 0.00252. The number of nitrogens with zero attached hydrogens (tertiary/aromatic N) is 1. The third kappa shape index (κ3) is 3.85. The summed E-state index contributed by atoms with van der Waals surface area (Å²) in [6.45, 7) is 6.30. The second-order valence-corrected chi connectivity index (χ2v) is 6.49. The molecule has 1 aliphatic rings. The second-order valence-electron chi connectivity index (χ2n) is 6.49. The van der Waals surface area contributed by atoms with Gasteiger partial charge in [0.2, 0.25) is 11.8 Å². The summed E-state index contributed by atoms with van der Waals surface area (Å²) in [6, 6.07) is 9.08. The summed E-state index contributed by atoms with van der Waals surface area (Å²) >= 11 is 0. The van der Waals surface area contributed by atoms with Gasteiger partial charge in [-0.15, -0.1) is 0 Å². The summed E-state index contributed by atoms with van der Waals surface area (Å²) in [5.41, 5.74) is 3.97. The Morgan fingerprint density at radius 3 is 2.92 bits per heavy atom. The fourth-order valence-electron chi connectivity index (χ4n) is 2.89. The summed E-state index contributed by atoms with van der Waals surface area (Å²) in [6.07, 6.45) is 1.22. The van der Waals surface area contributed by atoms with E-state index in [2.05, 4.69) is 15.6 Å². The van der Waals surface area contributed by atoms with Crippen LogP contribution in [0.4, 0.5) is 5.69 Å². The maximum absolute atomic E-state index is 12.7. The molecule has 0 saturated carbocycles. The number of anilines is 1. The Hall–Kier alpha value is -2.89. The highest BCUT2D eigenvalue weighted by molar-refractivity contribution is 5.99. The normalized spacial score (nSPS) is 13.7. The van der Waals surface area contributed by atoms with Crippen molar-refractivity contribution in [2.75, 3.05) is 11.9 Å². The van der Waals surface area contributed by atoms with Gasteiger partial charge in [0, 0.05) is 11.4 Å². The molecule has 2 aromatic rings. The Morgan fingerprint density at radius 2 is 2.15 bits per heavy atom. The lowest BCUT2D eigenvalue weighted by molar-refractivity contribution is -0.115. The van der Waals surface area contributed by atoms with E-state index in [-0.39, 0.29) is 17.9 Å². The molecule has 6 nitrogen and oxygen atoms in total. The molecule has 1 aromatic carbocycles. The van der Waals surface area contributed by atoms with Gasteiger partial charge in [0.25, 0.3) is 5.91 Å². The number of hydrogen-bond donors (Lipinski definition) is 2. The molecular formula is C20H23N3O3. The van der Waals surface area contributed by atoms with Crippen LogP contribution in [0.15, 0.2) is 30.3 Å². The Morgan fingerprint density at radius 1 is 1.35 bits per heavy atom. The molecule has 0 bridgehead atoms. The van der Waals surface area contributed by atoms with Crippen molar-refractivity contribution in [2.24, 2.45) is 0 Å². The number of benzene rings is 1. The molecular weight excluding hydrogens is 330 g/mol. The van der Waals surface area contributed by atoms with Crippen LogP contribution in [0.5, 0.6) is 5.88 Å². The van der Waals surface area contributed by atoms with Gasteiger partial charge in [-0.25, -0.2) is 4.98 Å². The number of rotatable bonds is 6. The molecule has 2 heterocycles. The molecule has 0 fully saturated rings. The topological polar surface area (TPSA) is 80.3 Å². The van der Waals surface area contributed by atoms with E-state index in [1.807, 2.05) is 39.0 Å². The summed E-state index contributed by atoms with van der Waals surface area (Å²) in [7, 11) is 0. The summed E-state index contributed by atoms with van der Waals surface area (Å²) in [4.78, 5) is 28.5. The van der Waals surface area contributed by atoms with Gasteiger partial charge in [0.15, 0.2) is 0 Å². The first-order chi connectivity index (χ1) is 12.5. The van der Waals surface area contributed by atoms with Crippen molar-refractivity contribution < 1.29 is 14.3 Å². The average molecular weight is 353 g/mol. The molecule has 136 valence electrons. The minimum atomic E-state index is -0.231. The predicted octanol–water partition coefficient (Wildman–Crippen LogP) is 3.16. The fraction of sp³-hybridized carbons (Fsp3) is 0.350. The van der Waals surface area contributed by atoms with Crippen LogP contribution < -0.4 is 15.4 Å². The Labute approximate surface area is 153 Å². The van der Waals surface area contributed by atoms with Gasteiger partial charge in [0.05, 0.1) is 19.1 Å². The van der Waals surface area contributed by atoms with Crippen LogP contribution >= 0.6 is 0 Å². The van der Waals surface area contributed by atoms with Gasteiger partial charge < -0.3 is 15.4 Å². The lowest BCUT2D eigenvalue weighted by Crippen LogP contribution is -2.27. The molecule has 1 aliphatic heterocycles. The van der Waals surface area contributed by atoms with Crippen LogP contribution in [0.1, 0.15) is 53.5 Å². The standard InChI is InChI=1S/C20H23N3O3/c1-4-9-26-20-16(7-5-12(2)21-20)19(25)22-13(3)14-6-8-17-15(10-14)11-18(24)23-17/h5-8,10,13H,4,9,11H2,1-3H3,(H,22,25)(H,23,24)/t13-/m1/s1. The highest BCUT2D eigenvalue weighted by Crippen LogP contribution is 2.27. The van der Waals surface area contributed by atoms with Gasteiger partial charge in [-0.3, -0.25) is 9.59 Å². The zero-order chi connectivity index (χ0) is 18.7. The Balaban J connectivity index is 1.76. The molecule has 1 aromatic heterocycles. The van der Waals surface area contributed by atoms with E-state index in [1.54, 1.807) is 12.1 Å². The van der Waals surface area contributed by atoms with Crippen molar-refractivity contribution in [3.8, 4) is 5.88 Å². The number of aryl methyl sites for hydroxylation is 1. The number of carbonyl (C=O) groups is 2. The predicted molar refractivity (Wildman–Crippen MR) is 99.4 cm³/mol. The van der Waals surface area contributed by atoms with Gasteiger partial charge in [-0.1, -0.05) is 19.1 Å². The van der Waals surface area contributed by atoms with Crippen molar-refractivity contribution in [2.45, 2.75) is 39.7 Å². The fourth-order valence-corrected chi connectivity index (χ4v) is 2.89. The van der Waals surface area contributed by atoms with Gasteiger partial charge in [0.1, 0.15) is 5.56 Å². The zero-order valence-electron chi connectivity index (χ0n) is 15.3. The maximum Gasteiger partial charge on any atom is 0.257 e. The summed E-state index contributed by atoms with van der Waals surface area (Å²) in [5.74, 6) is 0.128. The first-order valence-electron chi connectivity index (χ1n) is 8.82. The van der Waals surface area contributed by atoms with Gasteiger partial charge in [-0.2, -0.15) is 0 Å². The second kappa shape index (κ2) is 7.56. The Bertz CT molecular complexity index is 848. The largest absolute Gasteiger partial charge is 0.477 e. The number of hydrogen-bond acceptors (Lipinski definition) is 4. The first kappa shape index (κ1) is 17.9. The van der Waals surface area contributed by atoms with E-state index >= 15 is 0 Å². The lowest BCUT2D eigenvalue weighted by atomic mass is 10.0. The van der Waals surface area contributed by atoms with Crippen LogP contribution in [0.25, 0.3) is 0 Å². The molecule has 6 heteroatoms. The molecule has 0 unspecified atom stereocenters. The van der Waals surface area contributed by atoms with Crippen LogP contribution in [0.3, 0.4) is 0 Å². The van der Waals surface area contributed by atoms with E-state index in [1.165, 1.54) is 0 Å². The zero-order valence-corrected chi connectivity index (χ0v) is 15.3. The van der Waals surface area contributed by atoms with E-state index in [4.69, 9.17) is 4.74 Å². The lowest BCUT2D eigenvalue weighted by Gasteiger charge is -2.17. The summed E-state index contributed by atoms with van der Waals surface area (Å²) < 4.78 is 5.63. The Kier molecular flexibility index (Phi) is 5.21. The van der Waals surface area contributed by atoms with Crippen LogP contribution in [0.2, 0.25) is 0 Å². The van der Waals surface area contributed by atoms with Crippen molar-refractivity contribution in [3.63, 3.8) is 0 Å². The van der Waals surface area contributed by atoms with Crippen LogP contribution in [-0.2, 0) is 11.2 Å². The molecule has 3 rings (SSSR count). The number of carbonyl (C=O) groups excluding carboxylic acids is 2. The number of fused-ring (bicyclic) bond motifs is 1. The average Bonchev–Trinajstić information content (AvgIpc) is 2.98. The number of pyridine rings is 1. The monoisotopic (exact) mass is 353 g/mol. The van der Waals surface area contributed by atoms with E-state index in [0.29, 0.717) is 24.5 Å². The maximum atomic E-state index is 12.7. The van der Waals surface area contributed by atoms with E-state index in [0.717, 1.165) is 28.9 Å². The van der Waals surface area contributed by atoms with Gasteiger partial charge in [-0.05, 0) is 49.6 Å². The number of nitrogens with one attached hydrogen (secondary N) is 2. The number of ether oxygens (including phenoxy) is 1. The molecule has 0 saturated heterocycles. The van der Waals surface area contributed by atoms with E-state index in [9.17, 15) is 9.59 Å². The van der Waals surface area contributed by atoms with Crippen molar-refractivity contribution in [1.82, 2.24) is 10.3 Å². The smallest absolute Gasteiger partial charge is 0.257 e. The highest BCUT2D eigenvalue weighted by Gasteiger charge is 2.21. The third-order valence-electron chi connectivity index (χ3n) is 4.29. The SMILES string of the molecule is CCCOc1nc(C)ccc1C(=O)N[C@H](C)c1ccc2c(c1)CC(=O)N2. The van der Waals surface area contributed by atoms with Gasteiger partial charge >= 0.3 is 0 Å². The molecule has 2 amide bonds. The molecule has 26 heavy (non-hydrogen) atoms. The molecule has 1 atom stereocenters. The number of amides is 2. The van der Waals surface area contributed by atoms with Crippen molar-refractivity contribution >= 4 is 17.5 Å². The minimum Gasteiger partial charge on any atom is -0.477 e. The van der Waals surface area contributed by atoms with Crippen LogP contribution in [-0.4, -0.2) is 23.4 Å². The molecule has 0 spiro atoms. The van der Waals surface area contributed by atoms with Crippen molar-refractivity contribution in [1.29, 1.82) is 0 Å². The summed E-state index contributed by atoms with van der Waals surface area (Å²) in [5, 5.41) is 5.80. The molecule has 0 radical (unpaired) electrons. The van der Waals surface area contributed by atoms with Crippen molar-refractivity contribution in [3.05, 3.63) is 52.7 Å². The number of aromatic nitrogens is 1. The van der Waals surface area contributed by atoms with E-state index < -0.39 is 0 Å². The molecule has 2 N–H and O–H groups in total. The highest BCUT2D eigenvalue weighted by atomic mass is 16.5. The first-order valence-corrected chi connectivity index (χ1v) is 8.82. The van der Waals surface area contributed by atoms with Crippen LogP contribution in [0, 0.1) is 6.92 Å². The third-order valence-corrected chi connectivity index (χ3v) is 4.29. The molecule has 0 aliphatic carbocycles.